The van der Waals surface area contributed by atoms with Crippen LogP contribution in [0.4, 0.5) is 13.2 Å². The van der Waals surface area contributed by atoms with Crippen LogP contribution in [0.5, 0.6) is 0 Å². The lowest BCUT2D eigenvalue weighted by atomic mass is 9.63. The standard InChI is InChI=1S/C28H36ClF3N6O3/c29-22-8-6-20(7-9-22)16-23(36-24(39)10-13-34-26(41)28(30,31)32)25(40)37-14-11-27(12-15-37,17-38-19-33-18-35-38)21-4-2-1-3-5-21/h6-9,18-19,21,23H,1-5,10-17H2,(H,34,41)(H,36,39)/t23-/m1/s1. The van der Waals surface area contributed by atoms with Crippen molar-refractivity contribution in [3.63, 3.8) is 0 Å². The van der Waals surface area contributed by atoms with Crippen molar-refractivity contribution < 1.29 is 27.6 Å². The van der Waals surface area contributed by atoms with Crippen LogP contribution in [0.2, 0.25) is 5.02 Å². The van der Waals surface area contributed by atoms with E-state index in [0.717, 1.165) is 37.8 Å². The largest absolute Gasteiger partial charge is 0.471 e. The minimum Gasteiger partial charge on any atom is -0.348 e. The zero-order valence-electron chi connectivity index (χ0n) is 22.8. The van der Waals surface area contributed by atoms with E-state index in [2.05, 4.69) is 15.4 Å². The first kappa shape index (κ1) is 30.8. The Kier molecular flexibility index (Phi) is 10.3. The van der Waals surface area contributed by atoms with E-state index >= 15 is 0 Å². The van der Waals surface area contributed by atoms with Gasteiger partial charge in [-0.05, 0) is 54.7 Å². The first-order valence-electron chi connectivity index (χ1n) is 14.1. The molecule has 2 N–H and O–H groups in total. The third-order valence-corrected chi connectivity index (χ3v) is 8.62. The lowest BCUT2D eigenvalue weighted by molar-refractivity contribution is -0.173. The van der Waals surface area contributed by atoms with Gasteiger partial charge in [0, 0.05) is 44.0 Å². The molecule has 1 aliphatic heterocycles. The van der Waals surface area contributed by atoms with Gasteiger partial charge in [0.2, 0.25) is 11.8 Å². The number of carbonyl (C=O) groups excluding carboxylic acids is 3. The number of likely N-dealkylation sites (tertiary alicyclic amines) is 1. The highest BCUT2D eigenvalue weighted by atomic mass is 35.5. The lowest BCUT2D eigenvalue weighted by Gasteiger charge is -2.48. The first-order valence-corrected chi connectivity index (χ1v) is 14.4. The summed E-state index contributed by atoms with van der Waals surface area (Å²) in [5, 5.41) is 9.26. The molecule has 9 nitrogen and oxygen atoms in total. The Morgan fingerprint density at radius 2 is 1.76 bits per heavy atom. The van der Waals surface area contributed by atoms with Crippen LogP contribution in [0.25, 0.3) is 0 Å². The molecule has 1 saturated heterocycles. The number of alkyl halides is 3. The Morgan fingerprint density at radius 3 is 2.37 bits per heavy atom. The Bertz CT molecular complexity index is 1160. The summed E-state index contributed by atoms with van der Waals surface area (Å²) in [5.74, 6) is -2.45. The van der Waals surface area contributed by atoms with Crippen molar-refractivity contribution >= 4 is 29.3 Å². The van der Waals surface area contributed by atoms with E-state index in [1.165, 1.54) is 25.6 Å². The molecule has 1 atom stereocenters. The molecular weight excluding hydrogens is 561 g/mol. The van der Waals surface area contributed by atoms with Gasteiger partial charge in [0.05, 0.1) is 0 Å². The third-order valence-electron chi connectivity index (χ3n) is 8.37. The number of hydrogen-bond acceptors (Lipinski definition) is 5. The number of amides is 3. The Balaban J connectivity index is 1.43. The van der Waals surface area contributed by atoms with E-state index in [1.807, 2.05) is 4.68 Å². The van der Waals surface area contributed by atoms with Crippen molar-refractivity contribution in [3.8, 4) is 0 Å². The molecule has 224 valence electrons. The number of halogens is 4. The van der Waals surface area contributed by atoms with Crippen molar-refractivity contribution in [2.24, 2.45) is 11.3 Å². The number of aromatic nitrogens is 3. The van der Waals surface area contributed by atoms with Gasteiger partial charge in [-0.3, -0.25) is 19.1 Å². The van der Waals surface area contributed by atoms with Crippen LogP contribution in [-0.2, 0) is 27.3 Å². The summed E-state index contributed by atoms with van der Waals surface area (Å²) in [6.45, 7) is 1.30. The second kappa shape index (κ2) is 13.7. The fourth-order valence-corrected chi connectivity index (χ4v) is 6.28. The van der Waals surface area contributed by atoms with Gasteiger partial charge in [-0.1, -0.05) is 43.0 Å². The highest BCUT2D eigenvalue weighted by Crippen LogP contribution is 2.47. The van der Waals surface area contributed by atoms with Gasteiger partial charge in [0.1, 0.15) is 18.7 Å². The quantitative estimate of drug-likeness (QED) is 0.432. The van der Waals surface area contributed by atoms with Gasteiger partial charge in [-0.15, -0.1) is 0 Å². The molecule has 0 spiro atoms. The van der Waals surface area contributed by atoms with Gasteiger partial charge in [-0.25, -0.2) is 4.98 Å². The monoisotopic (exact) mass is 596 g/mol. The second-order valence-corrected chi connectivity index (χ2v) is 11.5. The van der Waals surface area contributed by atoms with Crippen molar-refractivity contribution in [1.29, 1.82) is 0 Å². The van der Waals surface area contributed by atoms with Crippen LogP contribution in [0.3, 0.4) is 0 Å². The van der Waals surface area contributed by atoms with Crippen LogP contribution in [0, 0.1) is 11.3 Å². The summed E-state index contributed by atoms with van der Waals surface area (Å²) < 4.78 is 39.3. The molecule has 0 bridgehead atoms. The second-order valence-electron chi connectivity index (χ2n) is 11.1. The minimum atomic E-state index is -5.03. The summed E-state index contributed by atoms with van der Waals surface area (Å²) in [7, 11) is 0. The number of hydrogen-bond donors (Lipinski definition) is 2. The Labute approximate surface area is 242 Å². The number of piperidine rings is 1. The van der Waals surface area contributed by atoms with Gasteiger partial charge in [0.15, 0.2) is 0 Å². The predicted molar refractivity (Wildman–Crippen MR) is 146 cm³/mol. The lowest BCUT2D eigenvalue weighted by Crippen LogP contribution is -2.54. The number of benzene rings is 1. The number of nitrogens with one attached hydrogen (secondary N) is 2. The van der Waals surface area contributed by atoms with Crippen LogP contribution < -0.4 is 10.6 Å². The maximum Gasteiger partial charge on any atom is 0.471 e. The number of nitrogens with zero attached hydrogens (tertiary/aromatic N) is 4. The minimum absolute atomic E-state index is 0.00346. The molecule has 2 fully saturated rings. The van der Waals surface area contributed by atoms with Gasteiger partial charge in [-0.2, -0.15) is 18.3 Å². The molecule has 1 aliphatic carbocycles. The number of rotatable bonds is 10. The molecular formula is C28H36ClF3N6O3. The fourth-order valence-electron chi connectivity index (χ4n) is 6.15. The average Bonchev–Trinajstić information content (AvgIpc) is 3.46. The van der Waals surface area contributed by atoms with Gasteiger partial charge < -0.3 is 15.5 Å². The summed E-state index contributed by atoms with van der Waals surface area (Å²) in [5.41, 5.74) is 0.773. The summed E-state index contributed by atoms with van der Waals surface area (Å²) >= 11 is 6.00. The van der Waals surface area contributed by atoms with E-state index in [1.54, 1.807) is 40.8 Å². The zero-order chi connectivity index (χ0) is 29.5. The van der Waals surface area contributed by atoms with Crippen LogP contribution >= 0.6 is 11.6 Å². The van der Waals surface area contributed by atoms with Crippen molar-refractivity contribution in [1.82, 2.24) is 30.3 Å². The fraction of sp³-hybridized carbons (Fsp3) is 0.607. The molecule has 2 aromatic rings. The van der Waals surface area contributed by atoms with E-state index < -0.39 is 37.0 Å². The average molecular weight is 597 g/mol. The molecule has 0 unspecified atom stereocenters. The van der Waals surface area contributed by atoms with Crippen molar-refractivity contribution in [2.75, 3.05) is 19.6 Å². The van der Waals surface area contributed by atoms with Crippen molar-refractivity contribution in [2.45, 2.75) is 76.6 Å². The Hall–Kier alpha value is -3.15. The van der Waals surface area contributed by atoms with Crippen LogP contribution in [-0.4, -0.2) is 69.2 Å². The molecule has 3 amide bonds. The van der Waals surface area contributed by atoms with Crippen molar-refractivity contribution in [3.05, 3.63) is 47.5 Å². The molecule has 1 aromatic carbocycles. The molecule has 2 heterocycles. The van der Waals surface area contributed by atoms with E-state index in [4.69, 9.17) is 11.6 Å². The zero-order valence-corrected chi connectivity index (χ0v) is 23.6. The van der Waals surface area contributed by atoms with Gasteiger partial charge in [0.25, 0.3) is 0 Å². The molecule has 2 aliphatic rings. The smallest absolute Gasteiger partial charge is 0.348 e. The number of carbonyl (C=O) groups is 3. The molecule has 41 heavy (non-hydrogen) atoms. The van der Waals surface area contributed by atoms with Crippen LogP contribution in [0.15, 0.2) is 36.9 Å². The molecule has 4 rings (SSSR count). The SMILES string of the molecule is O=C(CCNC(=O)C(F)(F)F)N[C@H](Cc1ccc(Cl)cc1)C(=O)N1CCC(Cn2cncn2)(C2CCCCC2)CC1. The molecule has 1 aromatic heterocycles. The summed E-state index contributed by atoms with van der Waals surface area (Å²) in [4.78, 5) is 43.4. The molecule has 0 radical (unpaired) electrons. The van der Waals surface area contributed by atoms with Crippen LogP contribution in [0.1, 0.15) is 56.9 Å². The summed E-state index contributed by atoms with van der Waals surface area (Å²) in [6, 6.07) is 5.99. The molecule has 13 heteroatoms. The first-order chi connectivity index (χ1) is 19.6. The van der Waals surface area contributed by atoms with E-state index in [-0.39, 0.29) is 17.7 Å². The Morgan fingerprint density at radius 1 is 1.07 bits per heavy atom. The maximum absolute atomic E-state index is 13.8. The normalized spacial score (nSPS) is 18.5. The highest BCUT2D eigenvalue weighted by Gasteiger charge is 2.44. The predicted octanol–water partition coefficient (Wildman–Crippen LogP) is 3.92. The molecule has 1 saturated carbocycles. The topological polar surface area (TPSA) is 109 Å². The highest BCUT2D eigenvalue weighted by molar-refractivity contribution is 6.30. The van der Waals surface area contributed by atoms with Gasteiger partial charge >= 0.3 is 12.1 Å². The third kappa shape index (κ3) is 8.43. The summed E-state index contributed by atoms with van der Waals surface area (Å²) in [6.07, 6.45) is 5.59. The van der Waals surface area contributed by atoms with E-state index in [9.17, 15) is 27.6 Å². The van der Waals surface area contributed by atoms with E-state index in [0.29, 0.717) is 24.0 Å². The maximum atomic E-state index is 13.8.